The summed E-state index contributed by atoms with van der Waals surface area (Å²) >= 11 is 14.6. The molecule has 1 saturated heterocycles. The Kier molecular flexibility index (Phi) is 9.75. The predicted molar refractivity (Wildman–Crippen MR) is 188 cm³/mol. The molecule has 1 fully saturated rings. The smallest absolute Gasteiger partial charge is 0.251 e. The standard InChI is InChI=1S/C35H31Cl2IN4O3/c1-2-45-32-17-22(10-11-27(32)34-40-30-18-28(36)29(37)19-31(30)41-34)35(44)39-25-12-14-42(15-13-25)20-23-6-3-4-9-26(23)33(43)21-7-5-8-24(38)16-21/h3-11,16-19,25H,2,12-15,20H2,1H3,(H,39,44)(H,40,41). The number of rotatable bonds is 9. The lowest BCUT2D eigenvalue weighted by Crippen LogP contribution is -2.44. The van der Waals surface area contributed by atoms with Gasteiger partial charge in [0.1, 0.15) is 11.6 Å². The van der Waals surface area contributed by atoms with Crippen LogP contribution in [-0.4, -0.2) is 52.3 Å². The first kappa shape index (κ1) is 31.5. The number of imidazole rings is 1. The van der Waals surface area contributed by atoms with Crippen molar-refractivity contribution >= 4 is 68.5 Å². The molecule has 0 radical (unpaired) electrons. The van der Waals surface area contributed by atoms with E-state index in [2.05, 4.69) is 42.8 Å². The van der Waals surface area contributed by atoms with Crippen molar-refractivity contribution in [2.24, 2.45) is 0 Å². The van der Waals surface area contributed by atoms with Gasteiger partial charge in [-0.05, 0) is 90.4 Å². The van der Waals surface area contributed by atoms with Gasteiger partial charge in [-0.1, -0.05) is 59.6 Å². The molecule has 4 aromatic carbocycles. The Balaban J connectivity index is 1.10. The molecule has 6 rings (SSSR count). The van der Waals surface area contributed by atoms with E-state index in [4.69, 9.17) is 27.9 Å². The number of ketones is 1. The minimum atomic E-state index is -0.141. The van der Waals surface area contributed by atoms with Gasteiger partial charge in [0, 0.05) is 45.9 Å². The molecule has 5 aromatic rings. The first-order chi connectivity index (χ1) is 21.8. The van der Waals surface area contributed by atoms with Crippen LogP contribution in [0.5, 0.6) is 5.75 Å². The summed E-state index contributed by atoms with van der Waals surface area (Å²) in [6.07, 6.45) is 1.64. The largest absolute Gasteiger partial charge is 0.493 e. The van der Waals surface area contributed by atoms with Crippen molar-refractivity contribution in [2.45, 2.75) is 32.4 Å². The maximum absolute atomic E-state index is 13.3. The van der Waals surface area contributed by atoms with Crippen molar-refractivity contribution in [3.8, 4) is 17.1 Å². The molecule has 2 heterocycles. The first-order valence-corrected chi connectivity index (χ1v) is 16.7. The molecule has 1 amide bonds. The molecule has 0 atom stereocenters. The summed E-state index contributed by atoms with van der Waals surface area (Å²) in [5, 5.41) is 4.09. The Bertz CT molecular complexity index is 1850. The molecular weight excluding hydrogens is 722 g/mol. The molecule has 1 aromatic heterocycles. The lowest BCUT2D eigenvalue weighted by atomic mass is 9.97. The van der Waals surface area contributed by atoms with Crippen LogP contribution < -0.4 is 10.1 Å². The molecule has 0 saturated carbocycles. The van der Waals surface area contributed by atoms with Crippen molar-refractivity contribution in [3.05, 3.63) is 115 Å². The van der Waals surface area contributed by atoms with Gasteiger partial charge in [0.2, 0.25) is 0 Å². The molecule has 0 spiro atoms. The Morgan fingerprint density at radius 3 is 2.53 bits per heavy atom. The second-order valence-electron chi connectivity index (χ2n) is 11.0. The van der Waals surface area contributed by atoms with E-state index < -0.39 is 0 Å². The number of nitrogens with zero attached hydrogens (tertiary/aromatic N) is 2. The molecule has 0 unspecified atom stereocenters. The van der Waals surface area contributed by atoms with E-state index in [1.165, 1.54) is 0 Å². The molecular formula is C35H31Cl2IN4O3. The molecule has 10 heteroatoms. The van der Waals surface area contributed by atoms with Gasteiger partial charge in [0.15, 0.2) is 5.78 Å². The van der Waals surface area contributed by atoms with Gasteiger partial charge < -0.3 is 15.0 Å². The van der Waals surface area contributed by atoms with E-state index in [0.717, 1.165) is 51.7 Å². The van der Waals surface area contributed by atoms with Crippen LogP contribution in [0.3, 0.4) is 0 Å². The maximum atomic E-state index is 13.3. The summed E-state index contributed by atoms with van der Waals surface area (Å²) in [4.78, 5) is 36.9. The van der Waals surface area contributed by atoms with Crippen molar-refractivity contribution < 1.29 is 14.3 Å². The fourth-order valence-electron chi connectivity index (χ4n) is 5.68. The van der Waals surface area contributed by atoms with Crippen LogP contribution in [0.1, 0.15) is 51.6 Å². The second-order valence-corrected chi connectivity index (χ2v) is 13.1. The number of likely N-dealkylation sites (tertiary alicyclic amines) is 1. The molecule has 45 heavy (non-hydrogen) atoms. The van der Waals surface area contributed by atoms with Gasteiger partial charge in [-0.3, -0.25) is 14.5 Å². The number of H-pyrrole nitrogens is 1. The number of hydrogen-bond acceptors (Lipinski definition) is 5. The summed E-state index contributed by atoms with van der Waals surface area (Å²) in [5.41, 5.74) is 5.17. The van der Waals surface area contributed by atoms with Gasteiger partial charge >= 0.3 is 0 Å². The summed E-state index contributed by atoms with van der Waals surface area (Å²) in [6, 6.07) is 24.4. The fourth-order valence-corrected chi connectivity index (χ4v) is 6.54. The highest BCUT2D eigenvalue weighted by atomic mass is 127. The number of carbonyl (C=O) groups is 2. The number of benzene rings is 4. The van der Waals surface area contributed by atoms with Crippen LogP contribution >= 0.6 is 45.8 Å². The number of ether oxygens (including phenoxy) is 1. The fraction of sp³-hybridized carbons (Fsp3) is 0.229. The minimum absolute atomic E-state index is 0.0397. The van der Waals surface area contributed by atoms with E-state index in [9.17, 15) is 9.59 Å². The summed E-state index contributed by atoms with van der Waals surface area (Å²) in [5.74, 6) is 1.07. The molecule has 230 valence electrons. The van der Waals surface area contributed by atoms with Crippen molar-refractivity contribution in [3.63, 3.8) is 0 Å². The topological polar surface area (TPSA) is 87.3 Å². The Labute approximate surface area is 285 Å². The average Bonchev–Trinajstić information content (AvgIpc) is 3.44. The monoisotopic (exact) mass is 752 g/mol. The highest BCUT2D eigenvalue weighted by Gasteiger charge is 2.24. The number of aromatic nitrogens is 2. The van der Waals surface area contributed by atoms with E-state index in [1.54, 1.807) is 24.3 Å². The third-order valence-electron chi connectivity index (χ3n) is 7.99. The normalized spacial score (nSPS) is 14.0. The first-order valence-electron chi connectivity index (χ1n) is 14.8. The zero-order chi connectivity index (χ0) is 31.5. The lowest BCUT2D eigenvalue weighted by molar-refractivity contribution is 0.0906. The Morgan fingerprint density at radius 2 is 1.76 bits per heavy atom. The van der Waals surface area contributed by atoms with Crippen LogP contribution in [0.4, 0.5) is 0 Å². The lowest BCUT2D eigenvalue weighted by Gasteiger charge is -2.32. The quantitative estimate of drug-likeness (QED) is 0.117. The highest BCUT2D eigenvalue weighted by Crippen LogP contribution is 2.33. The molecule has 7 nitrogen and oxygen atoms in total. The summed E-state index contributed by atoms with van der Waals surface area (Å²) in [7, 11) is 0. The maximum Gasteiger partial charge on any atom is 0.251 e. The molecule has 1 aliphatic heterocycles. The minimum Gasteiger partial charge on any atom is -0.493 e. The van der Waals surface area contributed by atoms with E-state index >= 15 is 0 Å². The summed E-state index contributed by atoms with van der Waals surface area (Å²) < 4.78 is 6.96. The van der Waals surface area contributed by atoms with E-state index in [0.29, 0.717) is 51.4 Å². The van der Waals surface area contributed by atoms with E-state index in [1.807, 2.05) is 61.5 Å². The van der Waals surface area contributed by atoms with Crippen LogP contribution in [-0.2, 0) is 6.54 Å². The summed E-state index contributed by atoms with van der Waals surface area (Å²) in [6.45, 7) is 4.67. The zero-order valence-corrected chi connectivity index (χ0v) is 28.2. The van der Waals surface area contributed by atoms with Gasteiger partial charge in [-0.15, -0.1) is 0 Å². The predicted octanol–water partition coefficient (Wildman–Crippen LogP) is 8.17. The second kappa shape index (κ2) is 13.9. The van der Waals surface area contributed by atoms with Crippen molar-refractivity contribution in [2.75, 3.05) is 19.7 Å². The SMILES string of the molecule is CCOc1cc(C(=O)NC2CCN(Cc3ccccc3C(=O)c3cccc(I)c3)CC2)ccc1-c1nc2cc(Cl)c(Cl)cc2[nH]1. The van der Waals surface area contributed by atoms with Crippen molar-refractivity contribution in [1.82, 2.24) is 20.2 Å². The van der Waals surface area contributed by atoms with Crippen LogP contribution in [0, 0.1) is 3.57 Å². The number of piperidine rings is 1. The van der Waals surface area contributed by atoms with Gasteiger partial charge in [0.25, 0.3) is 5.91 Å². The van der Waals surface area contributed by atoms with E-state index in [-0.39, 0.29) is 17.7 Å². The molecule has 1 aliphatic rings. The van der Waals surface area contributed by atoms with Crippen LogP contribution in [0.15, 0.2) is 78.9 Å². The van der Waals surface area contributed by atoms with Crippen LogP contribution in [0.25, 0.3) is 22.4 Å². The third-order valence-corrected chi connectivity index (χ3v) is 9.38. The zero-order valence-electron chi connectivity index (χ0n) is 24.6. The Morgan fingerprint density at radius 1 is 0.978 bits per heavy atom. The highest BCUT2D eigenvalue weighted by molar-refractivity contribution is 14.1. The molecule has 0 bridgehead atoms. The number of nitrogens with one attached hydrogen (secondary N) is 2. The number of hydrogen-bond donors (Lipinski definition) is 2. The van der Waals surface area contributed by atoms with Gasteiger partial charge in [-0.25, -0.2) is 4.98 Å². The number of aromatic amines is 1. The third kappa shape index (κ3) is 7.19. The van der Waals surface area contributed by atoms with Gasteiger partial charge in [-0.2, -0.15) is 0 Å². The van der Waals surface area contributed by atoms with Crippen LogP contribution in [0.2, 0.25) is 10.0 Å². The number of carbonyl (C=O) groups excluding carboxylic acids is 2. The average molecular weight is 753 g/mol. The van der Waals surface area contributed by atoms with Crippen molar-refractivity contribution in [1.29, 1.82) is 0 Å². The van der Waals surface area contributed by atoms with Gasteiger partial charge in [0.05, 0.1) is 33.2 Å². The molecule has 2 N–H and O–H groups in total. The number of halogens is 3. The number of fused-ring (bicyclic) bond motifs is 1. The Hall–Kier alpha value is -3.44. The molecule has 0 aliphatic carbocycles. The number of amides is 1.